The summed E-state index contributed by atoms with van der Waals surface area (Å²) in [7, 11) is -3.17. The Labute approximate surface area is 131 Å². The molecule has 0 unspecified atom stereocenters. The zero-order valence-electron chi connectivity index (χ0n) is 11.8. The van der Waals surface area contributed by atoms with E-state index in [1.165, 1.54) is 0 Å². The number of alkyl halides is 2. The van der Waals surface area contributed by atoms with Crippen LogP contribution in [0.4, 0.5) is 5.69 Å². The van der Waals surface area contributed by atoms with E-state index in [1.807, 2.05) is 13.8 Å². The molecule has 114 valence electrons. The molecule has 0 saturated carbocycles. The highest BCUT2D eigenvalue weighted by atomic mass is 35.5. The van der Waals surface area contributed by atoms with Gasteiger partial charge in [-0.1, -0.05) is 13.8 Å². The lowest BCUT2D eigenvalue weighted by atomic mass is 10.0. The van der Waals surface area contributed by atoms with Crippen LogP contribution in [-0.2, 0) is 9.84 Å². The van der Waals surface area contributed by atoms with Crippen molar-refractivity contribution in [3.8, 4) is 0 Å². The molecule has 0 bridgehead atoms. The lowest BCUT2D eigenvalue weighted by Gasteiger charge is -2.30. The quantitative estimate of drug-likeness (QED) is 0.731. The summed E-state index contributed by atoms with van der Waals surface area (Å²) in [5, 5.41) is 3.29. The maximum atomic E-state index is 11.9. The van der Waals surface area contributed by atoms with Gasteiger partial charge < -0.3 is 5.32 Å². The van der Waals surface area contributed by atoms with Crippen molar-refractivity contribution in [1.82, 2.24) is 0 Å². The van der Waals surface area contributed by atoms with Crippen molar-refractivity contribution < 1.29 is 8.42 Å². The van der Waals surface area contributed by atoms with Crippen molar-refractivity contribution >= 4 is 38.7 Å². The number of hydrogen-bond donors (Lipinski definition) is 1. The third-order valence-electron chi connectivity index (χ3n) is 3.28. The standard InChI is InChI=1S/C14H21Cl2NO2S/c1-3-9-20(18,19)13-7-5-12(6-8-13)17-14(4-2,10-15)11-16/h5-8,17H,3-4,9-11H2,1-2H3. The molecule has 1 N–H and O–H groups in total. The van der Waals surface area contributed by atoms with Crippen LogP contribution in [0.3, 0.4) is 0 Å². The van der Waals surface area contributed by atoms with Gasteiger partial charge in [0.2, 0.25) is 0 Å². The lowest BCUT2D eigenvalue weighted by Crippen LogP contribution is -2.41. The van der Waals surface area contributed by atoms with Gasteiger partial charge >= 0.3 is 0 Å². The van der Waals surface area contributed by atoms with E-state index in [0.717, 1.165) is 12.1 Å². The molecule has 3 nitrogen and oxygen atoms in total. The van der Waals surface area contributed by atoms with E-state index >= 15 is 0 Å². The summed E-state index contributed by atoms with van der Waals surface area (Å²) in [6.07, 6.45) is 1.40. The van der Waals surface area contributed by atoms with Gasteiger partial charge in [-0.2, -0.15) is 0 Å². The molecule has 0 aromatic heterocycles. The number of anilines is 1. The molecule has 6 heteroatoms. The number of nitrogens with one attached hydrogen (secondary N) is 1. The molecular weight excluding hydrogens is 317 g/mol. The second-order valence-electron chi connectivity index (χ2n) is 4.87. The maximum absolute atomic E-state index is 11.9. The maximum Gasteiger partial charge on any atom is 0.178 e. The summed E-state index contributed by atoms with van der Waals surface area (Å²) in [5.74, 6) is 0.952. The third kappa shape index (κ3) is 4.27. The van der Waals surface area contributed by atoms with Crippen LogP contribution in [0.25, 0.3) is 0 Å². The fourth-order valence-electron chi connectivity index (χ4n) is 1.82. The normalized spacial score (nSPS) is 12.4. The molecule has 0 radical (unpaired) electrons. The number of hydrogen-bond acceptors (Lipinski definition) is 3. The number of sulfone groups is 1. The first-order valence-corrected chi connectivity index (χ1v) is 9.38. The predicted molar refractivity (Wildman–Crippen MR) is 86.9 cm³/mol. The van der Waals surface area contributed by atoms with Gasteiger partial charge in [0.1, 0.15) is 0 Å². The lowest BCUT2D eigenvalue weighted by molar-refractivity contribution is 0.560. The molecule has 0 aliphatic heterocycles. The van der Waals surface area contributed by atoms with Gasteiger partial charge in [0.25, 0.3) is 0 Å². The van der Waals surface area contributed by atoms with Crippen LogP contribution in [0.15, 0.2) is 29.2 Å². The molecular formula is C14H21Cl2NO2S. The molecule has 1 aromatic carbocycles. The SMILES string of the molecule is CCCS(=O)(=O)c1ccc(NC(CC)(CCl)CCl)cc1. The van der Waals surface area contributed by atoms with Crippen LogP contribution < -0.4 is 5.32 Å². The molecule has 20 heavy (non-hydrogen) atoms. The molecule has 1 aromatic rings. The summed E-state index contributed by atoms with van der Waals surface area (Å²) in [6, 6.07) is 6.75. The third-order valence-corrected chi connectivity index (χ3v) is 6.24. The van der Waals surface area contributed by atoms with Crippen molar-refractivity contribution in [3.05, 3.63) is 24.3 Å². The van der Waals surface area contributed by atoms with Gasteiger partial charge in [-0.25, -0.2) is 8.42 Å². The largest absolute Gasteiger partial charge is 0.377 e. The van der Waals surface area contributed by atoms with Gasteiger partial charge in [0, 0.05) is 17.4 Å². The first kappa shape index (κ1) is 17.6. The van der Waals surface area contributed by atoms with E-state index in [-0.39, 0.29) is 11.3 Å². The highest BCUT2D eigenvalue weighted by Gasteiger charge is 2.26. The summed E-state index contributed by atoms with van der Waals surface area (Å²) >= 11 is 12.0. The Balaban J connectivity index is 2.92. The van der Waals surface area contributed by atoms with Crippen LogP contribution in [0.1, 0.15) is 26.7 Å². The Morgan fingerprint density at radius 1 is 1.10 bits per heavy atom. The van der Waals surface area contributed by atoms with Crippen LogP contribution in [0.2, 0.25) is 0 Å². The second kappa shape index (κ2) is 7.53. The van der Waals surface area contributed by atoms with Crippen molar-refractivity contribution in [2.45, 2.75) is 37.1 Å². The topological polar surface area (TPSA) is 46.2 Å². The van der Waals surface area contributed by atoms with Gasteiger partial charge in [0.05, 0.1) is 16.2 Å². The number of rotatable bonds is 8. The van der Waals surface area contributed by atoms with E-state index < -0.39 is 9.84 Å². The molecule has 0 spiro atoms. The highest BCUT2D eigenvalue weighted by Crippen LogP contribution is 2.23. The molecule has 1 rings (SSSR count). The Morgan fingerprint density at radius 2 is 1.65 bits per heavy atom. The Kier molecular flexibility index (Phi) is 6.62. The van der Waals surface area contributed by atoms with Crippen LogP contribution >= 0.6 is 23.2 Å². The zero-order chi connectivity index (χ0) is 15.2. The van der Waals surface area contributed by atoms with Crippen molar-refractivity contribution in [2.75, 3.05) is 22.8 Å². The fourth-order valence-corrected chi connectivity index (χ4v) is 3.94. The molecule has 0 saturated heterocycles. The van der Waals surface area contributed by atoms with Gasteiger partial charge in [-0.3, -0.25) is 0 Å². The molecule has 0 aliphatic carbocycles. The average molecular weight is 338 g/mol. The van der Waals surface area contributed by atoms with Crippen LogP contribution in [-0.4, -0.2) is 31.5 Å². The summed E-state index contributed by atoms with van der Waals surface area (Å²) < 4.78 is 23.9. The Morgan fingerprint density at radius 3 is 2.05 bits per heavy atom. The van der Waals surface area contributed by atoms with Crippen LogP contribution in [0.5, 0.6) is 0 Å². The Bertz CT molecular complexity index is 502. The van der Waals surface area contributed by atoms with Gasteiger partial charge in [-0.05, 0) is 37.1 Å². The minimum Gasteiger partial charge on any atom is -0.377 e. The van der Waals surface area contributed by atoms with E-state index in [0.29, 0.717) is 23.1 Å². The first-order valence-electron chi connectivity index (χ1n) is 6.66. The minimum atomic E-state index is -3.17. The molecule has 0 amide bonds. The van der Waals surface area contributed by atoms with Gasteiger partial charge in [-0.15, -0.1) is 23.2 Å². The zero-order valence-corrected chi connectivity index (χ0v) is 14.2. The molecule has 0 aliphatic rings. The highest BCUT2D eigenvalue weighted by molar-refractivity contribution is 7.91. The van der Waals surface area contributed by atoms with Crippen molar-refractivity contribution in [1.29, 1.82) is 0 Å². The summed E-state index contributed by atoms with van der Waals surface area (Å²) in [4.78, 5) is 0.351. The molecule has 0 atom stereocenters. The van der Waals surface area contributed by atoms with Crippen LogP contribution in [0, 0.1) is 0 Å². The predicted octanol–water partition coefficient (Wildman–Crippen LogP) is 3.91. The van der Waals surface area contributed by atoms with E-state index in [1.54, 1.807) is 24.3 Å². The smallest absolute Gasteiger partial charge is 0.178 e. The summed E-state index contributed by atoms with van der Waals surface area (Å²) in [6.45, 7) is 3.86. The first-order chi connectivity index (χ1) is 9.43. The monoisotopic (exact) mass is 337 g/mol. The molecule has 0 fully saturated rings. The average Bonchev–Trinajstić information content (AvgIpc) is 2.45. The summed E-state index contributed by atoms with van der Waals surface area (Å²) in [5.41, 5.74) is 0.455. The van der Waals surface area contributed by atoms with E-state index in [9.17, 15) is 8.42 Å². The molecule has 0 heterocycles. The van der Waals surface area contributed by atoms with Crippen molar-refractivity contribution in [2.24, 2.45) is 0 Å². The van der Waals surface area contributed by atoms with Gasteiger partial charge in [0.15, 0.2) is 9.84 Å². The number of halogens is 2. The van der Waals surface area contributed by atoms with E-state index in [4.69, 9.17) is 23.2 Å². The van der Waals surface area contributed by atoms with Crippen molar-refractivity contribution in [3.63, 3.8) is 0 Å². The second-order valence-corrected chi connectivity index (χ2v) is 7.51. The number of benzene rings is 1. The fraction of sp³-hybridized carbons (Fsp3) is 0.571. The Hall–Kier alpha value is -0.450. The minimum absolute atomic E-state index is 0.169. The van der Waals surface area contributed by atoms with E-state index in [2.05, 4.69) is 5.32 Å².